The Balaban J connectivity index is 1.69. The Bertz CT molecular complexity index is 924. The molecule has 0 saturated heterocycles. The van der Waals surface area contributed by atoms with Gasteiger partial charge in [-0.3, -0.25) is 9.36 Å². The molecular weight excluding hydrogens is 348 g/mol. The first-order valence-electron chi connectivity index (χ1n) is 8.28. The quantitative estimate of drug-likeness (QED) is 0.500. The molecule has 1 aliphatic heterocycles. The monoisotopic (exact) mass is 366 g/mol. The van der Waals surface area contributed by atoms with Crippen molar-refractivity contribution in [2.24, 2.45) is 0 Å². The van der Waals surface area contributed by atoms with Crippen LogP contribution in [0.15, 0.2) is 75.5 Å². The van der Waals surface area contributed by atoms with Crippen LogP contribution in [0.25, 0.3) is 0 Å². The number of fused-ring (bicyclic) bond motifs is 1. The molecule has 126 valence electrons. The zero-order valence-corrected chi connectivity index (χ0v) is 15.4. The van der Waals surface area contributed by atoms with Crippen LogP contribution in [0, 0.1) is 0 Å². The third kappa shape index (κ3) is 3.67. The highest BCUT2D eigenvalue weighted by atomic mass is 32.2. The van der Waals surface area contributed by atoms with E-state index in [1.165, 1.54) is 5.56 Å². The molecule has 0 radical (unpaired) electrons. The van der Waals surface area contributed by atoms with E-state index < -0.39 is 0 Å². The van der Waals surface area contributed by atoms with Crippen LogP contribution in [-0.4, -0.2) is 15.3 Å². The predicted octanol–water partition coefficient (Wildman–Crippen LogP) is 4.23. The van der Waals surface area contributed by atoms with Crippen molar-refractivity contribution in [2.75, 3.05) is 5.75 Å². The third-order valence-corrected chi connectivity index (χ3v) is 6.30. The normalized spacial score (nSPS) is 13.0. The molecule has 1 aromatic heterocycles. The lowest BCUT2D eigenvalue weighted by Crippen LogP contribution is -2.25. The molecule has 25 heavy (non-hydrogen) atoms. The van der Waals surface area contributed by atoms with Crippen LogP contribution in [-0.2, 0) is 18.7 Å². The highest BCUT2D eigenvalue weighted by molar-refractivity contribution is 7.99. The number of aromatic nitrogens is 2. The van der Waals surface area contributed by atoms with E-state index in [1.807, 2.05) is 41.0 Å². The van der Waals surface area contributed by atoms with Gasteiger partial charge in [-0.15, -0.1) is 11.8 Å². The Morgan fingerprint density at radius 2 is 1.68 bits per heavy atom. The zero-order chi connectivity index (χ0) is 17.1. The van der Waals surface area contributed by atoms with Gasteiger partial charge in [-0.25, -0.2) is 4.98 Å². The fourth-order valence-corrected chi connectivity index (χ4v) is 4.88. The first-order valence-corrected chi connectivity index (χ1v) is 10.3. The van der Waals surface area contributed by atoms with Crippen molar-refractivity contribution in [3.05, 3.63) is 87.8 Å². The summed E-state index contributed by atoms with van der Waals surface area (Å²) in [5.74, 6) is 1.77. The van der Waals surface area contributed by atoms with Gasteiger partial charge in [0.15, 0.2) is 5.16 Å². The molecule has 3 aromatic rings. The van der Waals surface area contributed by atoms with E-state index in [0.717, 1.165) is 39.2 Å². The second kappa shape index (κ2) is 7.50. The highest BCUT2D eigenvalue weighted by Crippen LogP contribution is 2.30. The van der Waals surface area contributed by atoms with Crippen LogP contribution in [0.5, 0.6) is 0 Å². The van der Waals surface area contributed by atoms with Crippen LogP contribution >= 0.6 is 23.5 Å². The SMILES string of the molecule is O=c1c2c(nc(SCc3ccccc3)n1Cc1ccccc1)CCS2. The maximum Gasteiger partial charge on any atom is 0.268 e. The van der Waals surface area contributed by atoms with Gasteiger partial charge in [-0.1, -0.05) is 72.4 Å². The second-order valence-electron chi connectivity index (χ2n) is 5.92. The number of aryl methyl sites for hydroxylation is 1. The van der Waals surface area contributed by atoms with E-state index in [0.29, 0.717) is 6.54 Å². The van der Waals surface area contributed by atoms with Gasteiger partial charge in [0.25, 0.3) is 5.56 Å². The number of benzene rings is 2. The van der Waals surface area contributed by atoms with Gasteiger partial charge < -0.3 is 0 Å². The molecule has 0 spiro atoms. The molecule has 0 amide bonds. The molecule has 5 heteroatoms. The van der Waals surface area contributed by atoms with Crippen molar-refractivity contribution in [3.63, 3.8) is 0 Å². The van der Waals surface area contributed by atoms with E-state index in [9.17, 15) is 4.79 Å². The predicted molar refractivity (Wildman–Crippen MR) is 104 cm³/mol. The number of hydrogen-bond acceptors (Lipinski definition) is 4. The van der Waals surface area contributed by atoms with Crippen molar-refractivity contribution in [1.82, 2.24) is 9.55 Å². The molecule has 0 saturated carbocycles. The average molecular weight is 367 g/mol. The number of rotatable bonds is 5. The highest BCUT2D eigenvalue weighted by Gasteiger charge is 2.21. The lowest BCUT2D eigenvalue weighted by atomic mass is 10.2. The van der Waals surface area contributed by atoms with E-state index in [1.54, 1.807) is 23.5 Å². The smallest absolute Gasteiger partial charge is 0.268 e. The first-order chi connectivity index (χ1) is 12.3. The average Bonchev–Trinajstić information content (AvgIpc) is 3.13. The Kier molecular flexibility index (Phi) is 4.95. The van der Waals surface area contributed by atoms with Crippen LogP contribution in [0.2, 0.25) is 0 Å². The summed E-state index contributed by atoms with van der Waals surface area (Å²) in [6.07, 6.45) is 0.889. The van der Waals surface area contributed by atoms with Gasteiger partial charge in [-0.2, -0.15) is 0 Å². The number of nitrogens with zero attached hydrogens (tertiary/aromatic N) is 2. The lowest BCUT2D eigenvalue weighted by molar-refractivity contribution is 0.616. The molecule has 4 rings (SSSR count). The largest absolute Gasteiger partial charge is 0.282 e. The van der Waals surface area contributed by atoms with Crippen molar-refractivity contribution < 1.29 is 0 Å². The molecule has 2 heterocycles. The van der Waals surface area contributed by atoms with Crippen molar-refractivity contribution in [3.8, 4) is 0 Å². The minimum absolute atomic E-state index is 0.104. The summed E-state index contributed by atoms with van der Waals surface area (Å²) in [5, 5.41) is 0.818. The summed E-state index contributed by atoms with van der Waals surface area (Å²) >= 11 is 3.28. The summed E-state index contributed by atoms with van der Waals surface area (Å²) in [5.41, 5.74) is 3.43. The Labute approximate surface area is 155 Å². The van der Waals surface area contributed by atoms with Crippen molar-refractivity contribution >= 4 is 23.5 Å². The fourth-order valence-electron chi connectivity index (χ4n) is 2.86. The molecule has 0 unspecified atom stereocenters. The van der Waals surface area contributed by atoms with Crippen LogP contribution in [0.4, 0.5) is 0 Å². The number of hydrogen-bond donors (Lipinski definition) is 0. The van der Waals surface area contributed by atoms with E-state index in [2.05, 4.69) is 24.3 Å². The van der Waals surface area contributed by atoms with Crippen molar-refractivity contribution in [1.29, 1.82) is 0 Å². The molecule has 1 aliphatic rings. The summed E-state index contributed by atoms with van der Waals surface area (Å²) in [7, 11) is 0. The van der Waals surface area contributed by atoms with Crippen molar-refractivity contribution in [2.45, 2.75) is 28.8 Å². The maximum absolute atomic E-state index is 13.0. The van der Waals surface area contributed by atoms with Gasteiger partial charge in [0.1, 0.15) is 0 Å². The van der Waals surface area contributed by atoms with Crippen LogP contribution < -0.4 is 5.56 Å². The minimum Gasteiger partial charge on any atom is -0.282 e. The summed E-state index contributed by atoms with van der Waals surface area (Å²) < 4.78 is 1.83. The van der Waals surface area contributed by atoms with Gasteiger partial charge in [0.05, 0.1) is 17.1 Å². The molecule has 0 aliphatic carbocycles. The molecule has 0 bridgehead atoms. The second-order valence-corrected chi connectivity index (χ2v) is 7.97. The minimum atomic E-state index is 0.104. The molecule has 0 atom stereocenters. The summed E-state index contributed by atoms with van der Waals surface area (Å²) in [4.78, 5) is 18.6. The van der Waals surface area contributed by atoms with Crippen LogP contribution in [0.1, 0.15) is 16.8 Å². The number of thioether (sulfide) groups is 2. The summed E-state index contributed by atoms with van der Waals surface area (Å²) in [6, 6.07) is 20.4. The van der Waals surface area contributed by atoms with Gasteiger partial charge in [-0.05, 0) is 11.1 Å². The maximum atomic E-state index is 13.0. The lowest BCUT2D eigenvalue weighted by Gasteiger charge is -2.14. The molecular formula is C20H18N2OS2. The first kappa shape index (κ1) is 16.5. The zero-order valence-electron chi connectivity index (χ0n) is 13.7. The molecule has 0 fully saturated rings. The Morgan fingerprint density at radius 3 is 2.40 bits per heavy atom. The standard InChI is InChI=1S/C20H18N2OS2/c23-19-18-17(11-12-24-18)21-20(25-14-16-9-5-2-6-10-16)22(19)13-15-7-3-1-4-8-15/h1-10H,11-14H2. The van der Waals surface area contributed by atoms with Gasteiger partial charge in [0.2, 0.25) is 0 Å². The molecule has 3 nitrogen and oxygen atoms in total. The summed E-state index contributed by atoms with van der Waals surface area (Å²) in [6.45, 7) is 0.567. The Morgan fingerprint density at radius 1 is 1.00 bits per heavy atom. The van der Waals surface area contributed by atoms with Gasteiger partial charge >= 0.3 is 0 Å². The van der Waals surface area contributed by atoms with E-state index >= 15 is 0 Å². The molecule has 0 N–H and O–H groups in total. The topological polar surface area (TPSA) is 34.9 Å². The van der Waals surface area contributed by atoms with E-state index in [-0.39, 0.29) is 5.56 Å². The third-order valence-electron chi connectivity index (χ3n) is 4.14. The van der Waals surface area contributed by atoms with Crippen LogP contribution in [0.3, 0.4) is 0 Å². The fraction of sp³-hybridized carbons (Fsp3) is 0.200. The molecule has 2 aromatic carbocycles. The van der Waals surface area contributed by atoms with E-state index in [4.69, 9.17) is 4.98 Å². The Hall–Kier alpha value is -1.98. The van der Waals surface area contributed by atoms with Gasteiger partial charge in [0, 0.05) is 17.9 Å².